The molecule has 2 heterocycles. The maximum absolute atomic E-state index is 12.1. The molecule has 0 saturated carbocycles. The third kappa shape index (κ3) is 2.96. The number of rotatable bonds is 4. The highest BCUT2D eigenvalue weighted by atomic mass is 35.5. The molecule has 0 aliphatic carbocycles. The molecule has 0 fully saturated rings. The van der Waals surface area contributed by atoms with Crippen molar-refractivity contribution >= 4 is 22.7 Å². The second-order valence-corrected chi connectivity index (χ2v) is 6.06. The highest BCUT2D eigenvalue weighted by molar-refractivity contribution is 6.31. The quantitative estimate of drug-likeness (QED) is 0.555. The molecule has 0 spiro atoms. The molecule has 0 radical (unpaired) electrons. The molecule has 0 unspecified atom stereocenters. The largest absolute Gasteiger partial charge is 0.420 e. The van der Waals surface area contributed by atoms with Gasteiger partial charge in [-0.15, -0.1) is 0 Å². The molecular formula is C18H14ClN3O3. The van der Waals surface area contributed by atoms with Crippen molar-refractivity contribution in [3.8, 4) is 11.4 Å². The van der Waals surface area contributed by atoms with Crippen molar-refractivity contribution in [2.24, 2.45) is 0 Å². The highest BCUT2D eigenvalue weighted by Crippen LogP contribution is 2.20. The Balaban J connectivity index is 1.65. The molecule has 4 rings (SSSR count). The topological polar surface area (TPSA) is 74.1 Å². The van der Waals surface area contributed by atoms with Crippen LogP contribution >= 0.6 is 11.6 Å². The molecule has 0 amide bonds. The number of fused-ring (bicyclic) bond motifs is 1. The lowest BCUT2D eigenvalue weighted by Gasteiger charge is -1.98. The van der Waals surface area contributed by atoms with Gasteiger partial charge in [0.15, 0.2) is 5.58 Å². The van der Waals surface area contributed by atoms with Crippen molar-refractivity contribution < 1.29 is 8.94 Å². The van der Waals surface area contributed by atoms with E-state index in [0.717, 1.165) is 12.0 Å². The Hall–Kier alpha value is -2.86. The number of aromatic nitrogens is 3. The van der Waals surface area contributed by atoms with Crippen LogP contribution in [-0.2, 0) is 13.0 Å². The van der Waals surface area contributed by atoms with Crippen LogP contribution in [0.3, 0.4) is 0 Å². The van der Waals surface area contributed by atoms with E-state index in [1.54, 1.807) is 18.2 Å². The van der Waals surface area contributed by atoms with Crippen molar-refractivity contribution in [1.29, 1.82) is 0 Å². The van der Waals surface area contributed by atoms with Crippen LogP contribution in [0.1, 0.15) is 18.4 Å². The van der Waals surface area contributed by atoms with Crippen LogP contribution in [0.15, 0.2) is 56.2 Å². The van der Waals surface area contributed by atoms with Gasteiger partial charge in [-0.1, -0.05) is 47.9 Å². The minimum Gasteiger partial charge on any atom is -0.408 e. The van der Waals surface area contributed by atoms with Gasteiger partial charge < -0.3 is 8.94 Å². The van der Waals surface area contributed by atoms with Gasteiger partial charge in [0.2, 0.25) is 11.7 Å². The molecule has 126 valence electrons. The van der Waals surface area contributed by atoms with Crippen LogP contribution in [0.5, 0.6) is 0 Å². The second kappa shape index (κ2) is 6.22. The van der Waals surface area contributed by atoms with Gasteiger partial charge >= 0.3 is 5.76 Å². The van der Waals surface area contributed by atoms with Crippen LogP contribution in [0.4, 0.5) is 0 Å². The molecular weight excluding hydrogens is 342 g/mol. The first-order valence-electron chi connectivity index (χ1n) is 7.85. The van der Waals surface area contributed by atoms with Crippen molar-refractivity contribution in [2.45, 2.75) is 19.9 Å². The monoisotopic (exact) mass is 355 g/mol. The van der Waals surface area contributed by atoms with E-state index in [9.17, 15) is 4.79 Å². The van der Waals surface area contributed by atoms with E-state index in [-0.39, 0.29) is 6.54 Å². The lowest BCUT2D eigenvalue weighted by molar-refractivity contribution is 0.367. The summed E-state index contributed by atoms with van der Waals surface area (Å²) < 4.78 is 11.9. The van der Waals surface area contributed by atoms with Gasteiger partial charge in [-0.2, -0.15) is 4.98 Å². The highest BCUT2D eigenvalue weighted by Gasteiger charge is 2.14. The van der Waals surface area contributed by atoms with Crippen LogP contribution in [0, 0.1) is 0 Å². The summed E-state index contributed by atoms with van der Waals surface area (Å²) in [6, 6.07) is 13.0. The fourth-order valence-corrected chi connectivity index (χ4v) is 2.81. The summed E-state index contributed by atoms with van der Waals surface area (Å²) in [4.78, 5) is 16.4. The Morgan fingerprint density at radius 2 is 1.96 bits per heavy atom. The molecule has 4 aromatic rings. The number of oxazole rings is 1. The zero-order chi connectivity index (χ0) is 17.4. The SMILES string of the molecule is CCc1ccc(-c2noc(Cn3c(=O)oc4cc(Cl)ccc43)n2)cc1. The fraction of sp³-hybridized carbons (Fsp3) is 0.167. The predicted octanol–water partition coefficient (Wildman–Crippen LogP) is 3.91. The van der Waals surface area contributed by atoms with Crippen LogP contribution in [-0.4, -0.2) is 14.7 Å². The minimum absolute atomic E-state index is 0.132. The number of aryl methyl sites for hydroxylation is 1. The molecule has 6 nitrogen and oxygen atoms in total. The summed E-state index contributed by atoms with van der Waals surface area (Å²) in [6.45, 7) is 2.23. The van der Waals surface area contributed by atoms with E-state index in [0.29, 0.717) is 27.8 Å². The molecule has 2 aromatic heterocycles. The third-order valence-corrected chi connectivity index (χ3v) is 4.25. The minimum atomic E-state index is -0.496. The first-order chi connectivity index (χ1) is 12.1. The van der Waals surface area contributed by atoms with E-state index < -0.39 is 5.76 Å². The Bertz CT molecular complexity index is 1090. The molecule has 0 atom stereocenters. The molecule has 2 aromatic carbocycles. The second-order valence-electron chi connectivity index (χ2n) is 5.63. The Labute approximate surface area is 147 Å². The Morgan fingerprint density at radius 3 is 2.72 bits per heavy atom. The Morgan fingerprint density at radius 1 is 1.16 bits per heavy atom. The maximum Gasteiger partial charge on any atom is 0.420 e. The van der Waals surface area contributed by atoms with E-state index in [4.69, 9.17) is 20.5 Å². The first-order valence-corrected chi connectivity index (χ1v) is 8.22. The summed E-state index contributed by atoms with van der Waals surface area (Å²) in [5.74, 6) is 0.320. The van der Waals surface area contributed by atoms with Crippen molar-refractivity contribution in [3.63, 3.8) is 0 Å². The van der Waals surface area contributed by atoms with Crippen molar-refractivity contribution in [1.82, 2.24) is 14.7 Å². The van der Waals surface area contributed by atoms with E-state index in [2.05, 4.69) is 17.1 Å². The predicted molar refractivity (Wildman–Crippen MR) is 93.7 cm³/mol. The average Bonchev–Trinajstić information content (AvgIpc) is 3.20. The van der Waals surface area contributed by atoms with Crippen molar-refractivity contribution in [2.75, 3.05) is 0 Å². The maximum atomic E-state index is 12.1. The molecule has 0 N–H and O–H groups in total. The number of nitrogens with zero attached hydrogens (tertiary/aromatic N) is 3. The van der Waals surface area contributed by atoms with Gasteiger partial charge in [0, 0.05) is 16.7 Å². The van der Waals surface area contributed by atoms with Crippen LogP contribution in [0.2, 0.25) is 5.02 Å². The fourth-order valence-electron chi connectivity index (χ4n) is 2.65. The summed E-state index contributed by atoms with van der Waals surface area (Å²) in [5.41, 5.74) is 3.15. The van der Waals surface area contributed by atoms with Gasteiger partial charge in [0.1, 0.15) is 6.54 Å². The zero-order valence-corrected chi connectivity index (χ0v) is 14.2. The van der Waals surface area contributed by atoms with Gasteiger partial charge in [-0.25, -0.2) is 4.79 Å². The molecule has 0 saturated heterocycles. The number of benzene rings is 2. The van der Waals surface area contributed by atoms with Crippen LogP contribution < -0.4 is 5.76 Å². The standard InChI is InChI=1S/C18H14ClN3O3/c1-2-11-3-5-12(6-4-11)17-20-16(25-21-17)10-22-14-8-7-13(19)9-15(14)24-18(22)23/h3-9H,2,10H2,1H3. The van der Waals surface area contributed by atoms with E-state index in [1.165, 1.54) is 10.1 Å². The first kappa shape index (κ1) is 15.7. The lowest BCUT2D eigenvalue weighted by atomic mass is 10.1. The molecule has 7 heteroatoms. The molecule has 0 bridgehead atoms. The molecule has 25 heavy (non-hydrogen) atoms. The van der Waals surface area contributed by atoms with Gasteiger partial charge in [0.25, 0.3) is 0 Å². The lowest BCUT2D eigenvalue weighted by Crippen LogP contribution is -2.15. The van der Waals surface area contributed by atoms with Crippen molar-refractivity contribution in [3.05, 3.63) is 69.5 Å². The summed E-state index contributed by atoms with van der Waals surface area (Å²) >= 11 is 5.92. The summed E-state index contributed by atoms with van der Waals surface area (Å²) in [5, 5.41) is 4.50. The summed E-state index contributed by atoms with van der Waals surface area (Å²) in [6.07, 6.45) is 0.971. The van der Waals surface area contributed by atoms with Gasteiger partial charge in [0.05, 0.1) is 5.52 Å². The normalized spacial score (nSPS) is 11.3. The smallest absolute Gasteiger partial charge is 0.408 e. The van der Waals surface area contributed by atoms with Crippen LogP contribution in [0.25, 0.3) is 22.5 Å². The Kier molecular flexibility index (Phi) is 3.89. The average molecular weight is 356 g/mol. The zero-order valence-electron chi connectivity index (χ0n) is 13.4. The number of hydrogen-bond acceptors (Lipinski definition) is 5. The van der Waals surface area contributed by atoms with E-state index in [1.807, 2.05) is 24.3 Å². The van der Waals surface area contributed by atoms with Gasteiger partial charge in [-0.05, 0) is 24.1 Å². The third-order valence-electron chi connectivity index (χ3n) is 4.01. The summed E-state index contributed by atoms with van der Waals surface area (Å²) in [7, 11) is 0. The van der Waals surface area contributed by atoms with Gasteiger partial charge in [-0.3, -0.25) is 4.57 Å². The molecule has 0 aliphatic rings. The number of halogens is 1. The number of hydrogen-bond donors (Lipinski definition) is 0. The molecule has 0 aliphatic heterocycles. The van der Waals surface area contributed by atoms with E-state index >= 15 is 0 Å².